The fraction of sp³-hybridized carbons (Fsp3) is 0.182. The zero-order chi connectivity index (χ0) is 9.68. The molecule has 0 fully saturated rings. The van der Waals surface area contributed by atoms with Crippen molar-refractivity contribution in [3.63, 3.8) is 0 Å². The van der Waals surface area contributed by atoms with Gasteiger partial charge in [-0.05, 0) is 19.1 Å². The molecule has 68 valence electrons. The number of hydrogen-bond donors (Lipinski definition) is 0. The second-order valence-electron chi connectivity index (χ2n) is 2.71. The lowest BCUT2D eigenvalue weighted by atomic mass is 10.3. The van der Waals surface area contributed by atoms with Gasteiger partial charge in [0.1, 0.15) is 0 Å². The predicted molar refractivity (Wildman–Crippen MR) is 54.4 cm³/mol. The van der Waals surface area contributed by atoms with E-state index in [2.05, 4.69) is 0 Å². The summed E-state index contributed by atoms with van der Waals surface area (Å²) in [5, 5.41) is 0. The minimum absolute atomic E-state index is 0.0179. The Labute approximate surface area is 78.5 Å². The number of nitrogens with zero attached hydrogens (tertiary/aromatic N) is 1. The van der Waals surface area contributed by atoms with E-state index in [1.165, 1.54) is 0 Å². The zero-order valence-electron chi connectivity index (χ0n) is 7.90. The van der Waals surface area contributed by atoms with E-state index in [0.29, 0.717) is 0 Å². The highest BCUT2D eigenvalue weighted by atomic mass is 16.2. The Morgan fingerprint density at radius 3 is 2.38 bits per heavy atom. The van der Waals surface area contributed by atoms with Gasteiger partial charge in [-0.2, -0.15) is 0 Å². The van der Waals surface area contributed by atoms with E-state index >= 15 is 0 Å². The maximum absolute atomic E-state index is 11.2. The van der Waals surface area contributed by atoms with Gasteiger partial charge < -0.3 is 0 Å². The van der Waals surface area contributed by atoms with Crippen LogP contribution in [0.5, 0.6) is 0 Å². The number of rotatable bonds is 2. The van der Waals surface area contributed by atoms with Crippen molar-refractivity contribution in [2.45, 2.75) is 13.8 Å². The van der Waals surface area contributed by atoms with Crippen LogP contribution in [0, 0.1) is 0 Å². The van der Waals surface area contributed by atoms with Crippen LogP contribution in [0.3, 0.4) is 0 Å². The van der Waals surface area contributed by atoms with Crippen LogP contribution in [0.25, 0.3) is 0 Å². The first-order chi connectivity index (χ1) is 6.25. The Morgan fingerprint density at radius 1 is 1.31 bits per heavy atom. The lowest BCUT2D eigenvalue weighted by Gasteiger charge is -2.15. The number of benzene rings is 1. The third kappa shape index (κ3) is 2.44. The molecule has 0 saturated carbocycles. The van der Waals surface area contributed by atoms with E-state index in [4.69, 9.17) is 0 Å². The van der Waals surface area contributed by atoms with Gasteiger partial charge in [0.25, 0.3) is 0 Å². The number of allylic oxidation sites excluding steroid dienone is 1. The van der Waals surface area contributed by atoms with Crippen LogP contribution in [-0.2, 0) is 4.79 Å². The number of amides is 1. The Morgan fingerprint density at radius 2 is 1.92 bits per heavy atom. The standard InChI is InChI=1S/C11H13NO/c1-3-9-12(10(2)13)11-7-5-4-6-8-11/h3-9H,1-2H3. The van der Waals surface area contributed by atoms with E-state index in [-0.39, 0.29) is 5.91 Å². The molecule has 0 aliphatic carbocycles. The van der Waals surface area contributed by atoms with Gasteiger partial charge >= 0.3 is 0 Å². The maximum Gasteiger partial charge on any atom is 0.227 e. The van der Waals surface area contributed by atoms with Crippen molar-refractivity contribution in [1.82, 2.24) is 0 Å². The Hall–Kier alpha value is -1.57. The van der Waals surface area contributed by atoms with Crippen LogP contribution >= 0.6 is 0 Å². The van der Waals surface area contributed by atoms with E-state index in [0.717, 1.165) is 5.69 Å². The smallest absolute Gasteiger partial charge is 0.227 e. The summed E-state index contributed by atoms with van der Waals surface area (Å²) in [5.74, 6) is 0.0179. The average molecular weight is 175 g/mol. The molecular formula is C11H13NO. The molecule has 1 aromatic carbocycles. The molecule has 0 N–H and O–H groups in total. The molecule has 13 heavy (non-hydrogen) atoms. The first-order valence-electron chi connectivity index (χ1n) is 4.23. The van der Waals surface area contributed by atoms with Crippen molar-refractivity contribution in [2.24, 2.45) is 0 Å². The Balaban J connectivity index is 2.96. The maximum atomic E-state index is 11.2. The molecule has 2 nitrogen and oxygen atoms in total. The fourth-order valence-electron chi connectivity index (χ4n) is 1.11. The third-order valence-corrected chi connectivity index (χ3v) is 1.67. The minimum atomic E-state index is 0.0179. The first kappa shape index (κ1) is 9.52. The molecule has 0 spiro atoms. The molecule has 0 heterocycles. The summed E-state index contributed by atoms with van der Waals surface area (Å²) in [6, 6.07) is 9.56. The largest absolute Gasteiger partial charge is 0.288 e. The molecule has 0 radical (unpaired) electrons. The summed E-state index contributed by atoms with van der Waals surface area (Å²) in [6.07, 6.45) is 3.60. The molecule has 1 rings (SSSR count). The summed E-state index contributed by atoms with van der Waals surface area (Å²) in [7, 11) is 0. The molecule has 0 aliphatic heterocycles. The molecule has 0 aromatic heterocycles. The molecule has 2 heteroatoms. The van der Waals surface area contributed by atoms with Crippen molar-refractivity contribution in [3.8, 4) is 0 Å². The molecule has 0 bridgehead atoms. The molecule has 1 aromatic rings. The highest BCUT2D eigenvalue weighted by molar-refractivity contribution is 5.93. The van der Waals surface area contributed by atoms with Crippen molar-refractivity contribution in [1.29, 1.82) is 0 Å². The monoisotopic (exact) mass is 175 g/mol. The summed E-state index contributed by atoms with van der Waals surface area (Å²) in [4.78, 5) is 12.8. The van der Waals surface area contributed by atoms with Crippen molar-refractivity contribution in [2.75, 3.05) is 4.90 Å². The zero-order valence-corrected chi connectivity index (χ0v) is 7.90. The average Bonchev–Trinajstić information content (AvgIpc) is 2.15. The van der Waals surface area contributed by atoms with Gasteiger partial charge in [0.05, 0.1) is 0 Å². The highest BCUT2D eigenvalue weighted by Crippen LogP contribution is 2.13. The number of carbonyl (C=O) groups is 1. The lowest BCUT2D eigenvalue weighted by molar-refractivity contribution is -0.116. The lowest BCUT2D eigenvalue weighted by Crippen LogP contribution is -2.21. The second-order valence-corrected chi connectivity index (χ2v) is 2.71. The van der Waals surface area contributed by atoms with Crippen LogP contribution < -0.4 is 4.90 Å². The Kier molecular flexibility index (Phi) is 3.26. The predicted octanol–water partition coefficient (Wildman–Crippen LogP) is 2.57. The topological polar surface area (TPSA) is 20.3 Å². The van der Waals surface area contributed by atoms with Gasteiger partial charge in [0.2, 0.25) is 5.91 Å². The SMILES string of the molecule is CC=CN(C(C)=O)c1ccccc1. The third-order valence-electron chi connectivity index (χ3n) is 1.67. The van der Waals surface area contributed by atoms with Gasteiger partial charge in [-0.25, -0.2) is 0 Å². The molecule has 1 amide bonds. The van der Waals surface area contributed by atoms with Crippen LogP contribution in [-0.4, -0.2) is 5.91 Å². The normalized spacial score (nSPS) is 10.3. The molecule has 0 aliphatic rings. The van der Waals surface area contributed by atoms with Gasteiger partial charge in [-0.15, -0.1) is 0 Å². The van der Waals surface area contributed by atoms with Gasteiger partial charge in [0, 0.05) is 18.8 Å². The highest BCUT2D eigenvalue weighted by Gasteiger charge is 2.05. The number of carbonyl (C=O) groups excluding carboxylic acids is 1. The molecule has 0 atom stereocenters. The van der Waals surface area contributed by atoms with E-state index < -0.39 is 0 Å². The molecular weight excluding hydrogens is 162 g/mol. The van der Waals surface area contributed by atoms with Gasteiger partial charge in [0.15, 0.2) is 0 Å². The quantitative estimate of drug-likeness (QED) is 0.676. The van der Waals surface area contributed by atoms with E-state index in [9.17, 15) is 4.79 Å². The number of para-hydroxylation sites is 1. The summed E-state index contributed by atoms with van der Waals surface area (Å²) in [6.45, 7) is 3.44. The van der Waals surface area contributed by atoms with Gasteiger partial charge in [-0.3, -0.25) is 9.69 Å². The van der Waals surface area contributed by atoms with Crippen molar-refractivity contribution >= 4 is 11.6 Å². The summed E-state index contributed by atoms with van der Waals surface area (Å²) < 4.78 is 0. The second kappa shape index (κ2) is 4.45. The van der Waals surface area contributed by atoms with Crippen LogP contribution in [0.1, 0.15) is 13.8 Å². The number of hydrogen-bond acceptors (Lipinski definition) is 1. The van der Waals surface area contributed by atoms with Crippen LogP contribution in [0.4, 0.5) is 5.69 Å². The van der Waals surface area contributed by atoms with E-state index in [1.807, 2.05) is 43.3 Å². The molecule has 0 unspecified atom stereocenters. The van der Waals surface area contributed by atoms with Crippen molar-refractivity contribution in [3.05, 3.63) is 42.6 Å². The number of anilines is 1. The van der Waals surface area contributed by atoms with Crippen LogP contribution in [0.2, 0.25) is 0 Å². The minimum Gasteiger partial charge on any atom is -0.288 e. The summed E-state index contributed by atoms with van der Waals surface area (Å²) >= 11 is 0. The molecule has 0 saturated heterocycles. The Bertz CT molecular complexity index is 303. The fourth-order valence-corrected chi connectivity index (χ4v) is 1.11. The van der Waals surface area contributed by atoms with Crippen LogP contribution in [0.15, 0.2) is 42.6 Å². The summed E-state index contributed by atoms with van der Waals surface area (Å²) in [5.41, 5.74) is 0.896. The first-order valence-corrected chi connectivity index (χ1v) is 4.23. The van der Waals surface area contributed by atoms with Crippen molar-refractivity contribution < 1.29 is 4.79 Å². The van der Waals surface area contributed by atoms with E-state index in [1.54, 1.807) is 18.0 Å². The van der Waals surface area contributed by atoms with Gasteiger partial charge in [-0.1, -0.05) is 24.3 Å².